The van der Waals surface area contributed by atoms with Gasteiger partial charge in [0.2, 0.25) is 5.91 Å². The summed E-state index contributed by atoms with van der Waals surface area (Å²) >= 11 is 0. The van der Waals surface area contributed by atoms with Gasteiger partial charge in [0.1, 0.15) is 11.8 Å². The molecule has 2 aromatic rings. The minimum absolute atomic E-state index is 0.0654. The number of phenols is 1. The van der Waals surface area contributed by atoms with Gasteiger partial charge in [-0.05, 0) is 49.9 Å². The first kappa shape index (κ1) is 21.0. The Hall–Kier alpha value is -2.77. The fourth-order valence-corrected chi connectivity index (χ4v) is 3.68. The molecule has 2 aromatic carbocycles. The number of aromatic hydroxyl groups is 1. The highest BCUT2D eigenvalue weighted by molar-refractivity contribution is 5.82. The number of carbonyl (C=O) groups excluding carboxylic acids is 1. The summed E-state index contributed by atoms with van der Waals surface area (Å²) in [5, 5.41) is 13.3. The number of carbonyl (C=O) groups is 1. The maximum Gasteiger partial charge on any atom is 0.238 e. The number of nitrogens with one attached hydrogen (secondary N) is 3. The van der Waals surface area contributed by atoms with E-state index < -0.39 is 0 Å². The lowest BCUT2D eigenvalue weighted by Crippen LogP contribution is -2.43. The molecule has 1 fully saturated rings. The average molecular weight is 399 g/mol. The minimum atomic E-state index is -0.356. The lowest BCUT2D eigenvalue weighted by Gasteiger charge is -2.15. The number of phenolic OH excluding ortho intramolecular Hbond substituents is 1. The van der Waals surface area contributed by atoms with Crippen molar-refractivity contribution in [1.29, 1.82) is 0 Å². The van der Waals surface area contributed by atoms with Gasteiger partial charge < -0.3 is 19.9 Å². The maximum atomic E-state index is 12.5. The van der Waals surface area contributed by atoms with Gasteiger partial charge in [0.25, 0.3) is 0 Å². The number of methoxy groups -OCH3 is 2. The van der Waals surface area contributed by atoms with E-state index in [4.69, 9.17) is 9.47 Å². The second-order valence-corrected chi connectivity index (χ2v) is 7.38. The molecule has 2 atom stereocenters. The van der Waals surface area contributed by atoms with Crippen molar-refractivity contribution in [2.45, 2.75) is 38.8 Å². The highest BCUT2D eigenvalue weighted by Gasteiger charge is 2.31. The summed E-state index contributed by atoms with van der Waals surface area (Å²) in [5.41, 5.74) is 9.97. The van der Waals surface area contributed by atoms with Crippen LogP contribution in [0.2, 0.25) is 0 Å². The lowest BCUT2D eigenvalue weighted by molar-refractivity contribution is -0.122. The van der Waals surface area contributed by atoms with Crippen molar-refractivity contribution in [3.8, 4) is 17.2 Å². The first-order chi connectivity index (χ1) is 13.9. The zero-order valence-corrected chi connectivity index (χ0v) is 17.3. The fraction of sp³-hybridized carbons (Fsp3) is 0.409. The largest absolute Gasteiger partial charge is 0.507 e. The molecule has 0 spiro atoms. The van der Waals surface area contributed by atoms with Gasteiger partial charge in [-0.1, -0.05) is 23.8 Å². The molecule has 29 heavy (non-hydrogen) atoms. The van der Waals surface area contributed by atoms with Crippen LogP contribution < -0.4 is 25.6 Å². The first-order valence-corrected chi connectivity index (χ1v) is 9.72. The Labute approximate surface area is 171 Å². The molecule has 1 saturated heterocycles. The summed E-state index contributed by atoms with van der Waals surface area (Å²) < 4.78 is 10.6. The summed E-state index contributed by atoms with van der Waals surface area (Å²) in [6, 6.07) is 9.17. The number of hydrogen-bond acceptors (Lipinski definition) is 6. The zero-order valence-electron chi connectivity index (χ0n) is 17.3. The van der Waals surface area contributed by atoms with Crippen LogP contribution in [0.1, 0.15) is 34.7 Å². The van der Waals surface area contributed by atoms with Crippen molar-refractivity contribution >= 4 is 5.91 Å². The number of aryl methyl sites for hydroxylation is 2. The van der Waals surface area contributed by atoms with Crippen molar-refractivity contribution in [3.05, 3.63) is 52.6 Å². The van der Waals surface area contributed by atoms with Gasteiger partial charge in [0.15, 0.2) is 11.5 Å². The van der Waals surface area contributed by atoms with Crippen molar-refractivity contribution in [2.75, 3.05) is 20.8 Å². The number of ether oxygens (including phenoxy) is 2. The molecule has 1 amide bonds. The Morgan fingerprint density at radius 2 is 1.90 bits per heavy atom. The van der Waals surface area contributed by atoms with Crippen molar-refractivity contribution in [3.63, 3.8) is 0 Å². The van der Waals surface area contributed by atoms with Gasteiger partial charge in [-0.3, -0.25) is 4.79 Å². The summed E-state index contributed by atoms with van der Waals surface area (Å²) in [5.74, 6) is 1.57. The summed E-state index contributed by atoms with van der Waals surface area (Å²) in [7, 11) is 3.21. The fourth-order valence-electron chi connectivity index (χ4n) is 3.68. The SMILES string of the molecule is COc1ccc(CCNC(=O)C2CC(c3cc(C)cc(C)c3O)NN2)cc1OC. The Balaban J connectivity index is 1.54. The van der Waals surface area contributed by atoms with Crippen molar-refractivity contribution < 1.29 is 19.4 Å². The molecule has 1 heterocycles. The van der Waals surface area contributed by atoms with Gasteiger partial charge >= 0.3 is 0 Å². The number of hydrogen-bond donors (Lipinski definition) is 4. The molecule has 0 aliphatic carbocycles. The molecule has 1 aliphatic heterocycles. The van der Waals surface area contributed by atoms with Crippen LogP contribution in [0.3, 0.4) is 0 Å². The van der Waals surface area contributed by atoms with Crippen LogP contribution in [-0.4, -0.2) is 37.8 Å². The van der Waals surface area contributed by atoms with Crippen LogP contribution >= 0.6 is 0 Å². The molecular weight excluding hydrogens is 370 g/mol. The second-order valence-electron chi connectivity index (χ2n) is 7.38. The molecule has 0 bridgehead atoms. The highest BCUT2D eigenvalue weighted by atomic mass is 16.5. The Morgan fingerprint density at radius 1 is 1.14 bits per heavy atom. The quantitative estimate of drug-likeness (QED) is 0.571. The van der Waals surface area contributed by atoms with Crippen LogP contribution in [0.4, 0.5) is 0 Å². The van der Waals surface area contributed by atoms with E-state index in [-0.39, 0.29) is 23.7 Å². The number of amides is 1. The Bertz CT molecular complexity index is 885. The average Bonchev–Trinajstić information content (AvgIpc) is 3.20. The van der Waals surface area contributed by atoms with E-state index in [1.807, 2.05) is 44.2 Å². The number of benzene rings is 2. The molecular formula is C22H29N3O4. The minimum Gasteiger partial charge on any atom is -0.507 e. The Morgan fingerprint density at radius 3 is 2.62 bits per heavy atom. The number of hydrazine groups is 1. The Kier molecular flexibility index (Phi) is 6.61. The van der Waals surface area contributed by atoms with E-state index in [9.17, 15) is 9.90 Å². The number of rotatable bonds is 7. The van der Waals surface area contributed by atoms with E-state index in [2.05, 4.69) is 16.2 Å². The third-order valence-corrected chi connectivity index (χ3v) is 5.23. The molecule has 2 unspecified atom stereocenters. The topological polar surface area (TPSA) is 91.9 Å². The van der Waals surface area contributed by atoms with Crippen LogP contribution in [0.15, 0.2) is 30.3 Å². The molecule has 4 N–H and O–H groups in total. The van der Waals surface area contributed by atoms with Gasteiger partial charge in [0, 0.05) is 12.1 Å². The molecule has 3 rings (SSSR count). The van der Waals surface area contributed by atoms with Crippen LogP contribution in [0.5, 0.6) is 17.2 Å². The molecule has 0 aromatic heterocycles. The maximum absolute atomic E-state index is 12.5. The third kappa shape index (κ3) is 4.81. The van der Waals surface area contributed by atoms with Crippen LogP contribution in [0.25, 0.3) is 0 Å². The lowest BCUT2D eigenvalue weighted by atomic mass is 9.96. The normalized spacial score (nSPS) is 18.5. The monoisotopic (exact) mass is 399 g/mol. The van der Waals surface area contributed by atoms with Gasteiger partial charge in [-0.2, -0.15) is 0 Å². The van der Waals surface area contributed by atoms with Crippen LogP contribution in [-0.2, 0) is 11.2 Å². The predicted molar refractivity (Wildman–Crippen MR) is 111 cm³/mol. The van der Waals surface area contributed by atoms with E-state index in [1.165, 1.54) is 0 Å². The molecule has 156 valence electrons. The second kappa shape index (κ2) is 9.15. The summed E-state index contributed by atoms with van der Waals surface area (Å²) in [6.45, 7) is 4.40. The van der Waals surface area contributed by atoms with Crippen molar-refractivity contribution in [2.24, 2.45) is 0 Å². The molecule has 7 nitrogen and oxygen atoms in total. The third-order valence-electron chi connectivity index (χ3n) is 5.23. The van der Waals surface area contributed by atoms with E-state index in [1.54, 1.807) is 14.2 Å². The molecule has 0 radical (unpaired) electrons. The van der Waals surface area contributed by atoms with E-state index in [0.29, 0.717) is 30.9 Å². The summed E-state index contributed by atoms with van der Waals surface area (Å²) in [4.78, 5) is 12.5. The molecule has 7 heteroatoms. The van der Waals surface area contributed by atoms with Gasteiger partial charge in [-0.25, -0.2) is 10.9 Å². The van der Waals surface area contributed by atoms with Gasteiger partial charge in [-0.15, -0.1) is 0 Å². The highest BCUT2D eigenvalue weighted by Crippen LogP contribution is 2.33. The van der Waals surface area contributed by atoms with E-state index >= 15 is 0 Å². The first-order valence-electron chi connectivity index (χ1n) is 9.72. The van der Waals surface area contributed by atoms with Gasteiger partial charge in [0.05, 0.1) is 20.3 Å². The smallest absolute Gasteiger partial charge is 0.238 e. The van der Waals surface area contributed by atoms with E-state index in [0.717, 1.165) is 22.3 Å². The van der Waals surface area contributed by atoms with Crippen LogP contribution in [0, 0.1) is 13.8 Å². The molecule has 0 saturated carbocycles. The standard InChI is InChI=1S/C22H29N3O4/c1-13-9-14(2)21(26)16(10-13)17-12-18(25-24-17)22(27)23-8-7-15-5-6-19(28-3)20(11-15)29-4/h5-6,9-11,17-18,24-26H,7-8,12H2,1-4H3,(H,23,27). The zero-order chi connectivity index (χ0) is 21.0. The predicted octanol–water partition coefficient (Wildman–Crippen LogP) is 2.29. The van der Waals surface area contributed by atoms with Crippen molar-refractivity contribution in [1.82, 2.24) is 16.2 Å². The summed E-state index contributed by atoms with van der Waals surface area (Å²) in [6.07, 6.45) is 1.26. The molecule has 1 aliphatic rings.